The van der Waals surface area contributed by atoms with E-state index in [1.165, 1.54) is 13.0 Å². The highest BCUT2D eigenvalue weighted by molar-refractivity contribution is 7.89. The molecule has 2 rings (SSSR count). The van der Waals surface area contributed by atoms with Gasteiger partial charge in [-0.3, -0.25) is 4.79 Å². The van der Waals surface area contributed by atoms with E-state index in [1.54, 1.807) is 17.0 Å². The van der Waals surface area contributed by atoms with Crippen molar-refractivity contribution < 1.29 is 13.2 Å². The van der Waals surface area contributed by atoms with Gasteiger partial charge in [-0.15, -0.1) is 0 Å². The second kappa shape index (κ2) is 6.13. The van der Waals surface area contributed by atoms with Gasteiger partial charge in [-0.05, 0) is 36.6 Å². The van der Waals surface area contributed by atoms with Crippen LogP contribution in [-0.2, 0) is 21.2 Å². The van der Waals surface area contributed by atoms with Crippen molar-refractivity contribution in [1.82, 2.24) is 4.72 Å². The zero-order chi connectivity index (χ0) is 15.6. The lowest BCUT2D eigenvalue weighted by molar-refractivity contribution is -0.116. The minimum Gasteiger partial charge on any atom is -0.327 e. The van der Waals surface area contributed by atoms with E-state index in [0.29, 0.717) is 19.4 Å². The van der Waals surface area contributed by atoms with E-state index in [-0.39, 0.29) is 23.4 Å². The molecule has 0 fully saturated rings. The summed E-state index contributed by atoms with van der Waals surface area (Å²) in [5, 5.41) is 0. The molecule has 0 saturated carbocycles. The quantitative estimate of drug-likeness (QED) is 0.833. The van der Waals surface area contributed by atoms with Crippen LogP contribution in [0.2, 0.25) is 0 Å². The van der Waals surface area contributed by atoms with E-state index >= 15 is 0 Å². The van der Waals surface area contributed by atoms with Gasteiger partial charge in [-0.25, -0.2) is 13.1 Å². The maximum absolute atomic E-state index is 12.2. The minimum absolute atomic E-state index is 0.0311. The van der Waals surface area contributed by atoms with Crippen molar-refractivity contribution >= 4 is 21.6 Å². The summed E-state index contributed by atoms with van der Waals surface area (Å²) in [6.07, 6.45) is 1.38. The largest absolute Gasteiger partial charge is 0.327 e. The standard InChI is InChI=1S/C14H21N3O3S/c1-3-12(15)9-16-21(19,20)13-4-5-14-11(8-13)6-7-17(14)10(2)18/h4-5,8,12,16H,3,6-7,9,15H2,1-2H3. The molecule has 1 heterocycles. The van der Waals surface area contributed by atoms with Crippen molar-refractivity contribution in [2.45, 2.75) is 37.6 Å². The third-order valence-electron chi connectivity index (χ3n) is 3.70. The lowest BCUT2D eigenvalue weighted by atomic mass is 10.2. The van der Waals surface area contributed by atoms with Gasteiger partial charge in [0, 0.05) is 31.7 Å². The number of benzene rings is 1. The van der Waals surface area contributed by atoms with E-state index < -0.39 is 10.0 Å². The van der Waals surface area contributed by atoms with E-state index in [0.717, 1.165) is 11.3 Å². The van der Waals surface area contributed by atoms with Crippen molar-refractivity contribution in [2.75, 3.05) is 18.0 Å². The van der Waals surface area contributed by atoms with Crippen molar-refractivity contribution in [3.8, 4) is 0 Å². The fourth-order valence-corrected chi connectivity index (χ4v) is 3.46. The van der Waals surface area contributed by atoms with Gasteiger partial charge in [-0.2, -0.15) is 0 Å². The monoisotopic (exact) mass is 311 g/mol. The number of nitrogens with zero attached hydrogens (tertiary/aromatic N) is 1. The summed E-state index contributed by atoms with van der Waals surface area (Å²) in [6.45, 7) is 4.23. The van der Waals surface area contributed by atoms with Gasteiger partial charge < -0.3 is 10.6 Å². The average molecular weight is 311 g/mol. The second-order valence-corrected chi connectivity index (χ2v) is 7.00. The average Bonchev–Trinajstić information content (AvgIpc) is 2.87. The lowest BCUT2D eigenvalue weighted by Gasteiger charge is -2.15. The van der Waals surface area contributed by atoms with Crippen molar-refractivity contribution in [1.29, 1.82) is 0 Å². The van der Waals surface area contributed by atoms with Crippen LogP contribution in [0, 0.1) is 0 Å². The third kappa shape index (κ3) is 3.42. The Morgan fingerprint density at radius 3 is 2.81 bits per heavy atom. The zero-order valence-corrected chi connectivity index (χ0v) is 13.1. The molecule has 3 N–H and O–H groups in total. The molecular formula is C14H21N3O3S. The van der Waals surface area contributed by atoms with E-state index in [1.807, 2.05) is 6.92 Å². The molecule has 1 aliphatic rings. The zero-order valence-electron chi connectivity index (χ0n) is 12.3. The molecule has 0 spiro atoms. The van der Waals surface area contributed by atoms with Gasteiger partial charge in [0.15, 0.2) is 0 Å². The molecular weight excluding hydrogens is 290 g/mol. The molecule has 0 radical (unpaired) electrons. The second-order valence-electron chi connectivity index (χ2n) is 5.23. The Morgan fingerprint density at radius 1 is 1.48 bits per heavy atom. The fourth-order valence-electron chi connectivity index (χ4n) is 2.32. The first kappa shape index (κ1) is 15.9. The smallest absolute Gasteiger partial charge is 0.240 e. The van der Waals surface area contributed by atoms with Crippen LogP contribution >= 0.6 is 0 Å². The molecule has 6 nitrogen and oxygen atoms in total. The summed E-state index contributed by atoms with van der Waals surface area (Å²) < 4.78 is 27.0. The number of nitrogens with one attached hydrogen (secondary N) is 1. The predicted octanol–water partition coefficient (Wildman–Crippen LogP) is 0.611. The van der Waals surface area contributed by atoms with Gasteiger partial charge in [0.1, 0.15) is 0 Å². The Kier molecular flexibility index (Phi) is 4.65. The van der Waals surface area contributed by atoms with E-state index in [2.05, 4.69) is 4.72 Å². The van der Waals surface area contributed by atoms with Crippen LogP contribution in [0.5, 0.6) is 0 Å². The fraction of sp³-hybridized carbons (Fsp3) is 0.500. The normalized spacial score (nSPS) is 15.9. The predicted molar refractivity (Wildman–Crippen MR) is 81.6 cm³/mol. The van der Waals surface area contributed by atoms with Crippen LogP contribution in [-0.4, -0.2) is 33.5 Å². The molecule has 0 saturated heterocycles. The molecule has 1 unspecified atom stereocenters. The molecule has 7 heteroatoms. The Labute approximate surface area is 125 Å². The van der Waals surface area contributed by atoms with Crippen LogP contribution in [0.3, 0.4) is 0 Å². The number of hydrogen-bond acceptors (Lipinski definition) is 4. The number of fused-ring (bicyclic) bond motifs is 1. The number of amides is 1. The number of sulfonamides is 1. The summed E-state index contributed by atoms with van der Waals surface area (Å²) in [7, 11) is -3.56. The molecule has 0 aliphatic carbocycles. The first-order valence-corrected chi connectivity index (χ1v) is 8.49. The van der Waals surface area contributed by atoms with E-state index in [9.17, 15) is 13.2 Å². The highest BCUT2D eigenvalue weighted by Gasteiger charge is 2.24. The molecule has 1 atom stereocenters. The summed E-state index contributed by atoms with van der Waals surface area (Å²) in [6, 6.07) is 4.66. The van der Waals surface area contributed by atoms with Crippen LogP contribution in [0.15, 0.2) is 23.1 Å². The number of carbonyl (C=O) groups excluding carboxylic acids is 1. The first-order valence-electron chi connectivity index (χ1n) is 7.01. The lowest BCUT2D eigenvalue weighted by Crippen LogP contribution is -2.36. The number of carbonyl (C=O) groups is 1. The van der Waals surface area contributed by atoms with Gasteiger partial charge in [0.2, 0.25) is 15.9 Å². The number of nitrogens with two attached hydrogens (primary N) is 1. The SMILES string of the molecule is CCC(N)CNS(=O)(=O)c1ccc2c(c1)CCN2C(C)=O. The van der Waals surface area contributed by atoms with E-state index in [4.69, 9.17) is 5.73 Å². The summed E-state index contributed by atoms with van der Waals surface area (Å²) >= 11 is 0. The Hall–Kier alpha value is -1.44. The van der Waals surface area contributed by atoms with Gasteiger partial charge >= 0.3 is 0 Å². The molecule has 1 aromatic carbocycles. The minimum atomic E-state index is -3.56. The van der Waals surface area contributed by atoms with Crippen LogP contribution in [0.1, 0.15) is 25.8 Å². The summed E-state index contributed by atoms with van der Waals surface area (Å²) in [5.41, 5.74) is 7.41. The Bertz CT molecular complexity index is 643. The highest BCUT2D eigenvalue weighted by Crippen LogP contribution is 2.30. The maximum atomic E-state index is 12.2. The molecule has 21 heavy (non-hydrogen) atoms. The van der Waals surface area contributed by atoms with Crippen LogP contribution in [0.4, 0.5) is 5.69 Å². The first-order chi connectivity index (χ1) is 9.85. The molecule has 0 aromatic heterocycles. The third-order valence-corrected chi connectivity index (χ3v) is 5.12. The molecule has 1 aromatic rings. The van der Waals surface area contributed by atoms with Gasteiger partial charge in [-0.1, -0.05) is 6.92 Å². The number of rotatable bonds is 5. The van der Waals surface area contributed by atoms with Crippen molar-refractivity contribution in [3.63, 3.8) is 0 Å². The van der Waals surface area contributed by atoms with Crippen LogP contribution in [0.25, 0.3) is 0 Å². The summed E-state index contributed by atoms with van der Waals surface area (Å²) in [5.74, 6) is -0.0311. The Morgan fingerprint density at radius 2 is 2.19 bits per heavy atom. The van der Waals surface area contributed by atoms with Crippen molar-refractivity contribution in [2.24, 2.45) is 5.73 Å². The number of anilines is 1. The molecule has 1 amide bonds. The van der Waals surface area contributed by atoms with Crippen molar-refractivity contribution in [3.05, 3.63) is 23.8 Å². The molecule has 1 aliphatic heterocycles. The topological polar surface area (TPSA) is 92.5 Å². The van der Waals surface area contributed by atoms with Gasteiger partial charge in [0.25, 0.3) is 0 Å². The number of hydrogen-bond donors (Lipinski definition) is 2. The highest BCUT2D eigenvalue weighted by atomic mass is 32.2. The Balaban J connectivity index is 2.21. The maximum Gasteiger partial charge on any atom is 0.240 e. The summed E-state index contributed by atoms with van der Waals surface area (Å²) in [4.78, 5) is 13.4. The van der Waals surface area contributed by atoms with Crippen LogP contribution < -0.4 is 15.4 Å². The van der Waals surface area contributed by atoms with Gasteiger partial charge in [0.05, 0.1) is 4.90 Å². The molecule has 0 bridgehead atoms. The molecule has 116 valence electrons.